The van der Waals surface area contributed by atoms with Gasteiger partial charge < -0.3 is 9.47 Å². The van der Waals surface area contributed by atoms with E-state index in [4.69, 9.17) is 9.47 Å². The van der Waals surface area contributed by atoms with Gasteiger partial charge in [-0.15, -0.1) is 0 Å². The molecule has 4 nitrogen and oxygen atoms in total. The zero-order chi connectivity index (χ0) is 20.6. The minimum atomic E-state index is -0.447. The summed E-state index contributed by atoms with van der Waals surface area (Å²) in [5.41, 5.74) is 0.580. The van der Waals surface area contributed by atoms with Crippen LogP contribution in [-0.4, -0.2) is 25.2 Å². The third-order valence-electron chi connectivity index (χ3n) is 4.76. The van der Waals surface area contributed by atoms with E-state index in [1.807, 2.05) is 0 Å². The predicted octanol–water partition coefficient (Wildman–Crippen LogP) is 6.58. The second-order valence-corrected chi connectivity index (χ2v) is 7.83. The van der Waals surface area contributed by atoms with Crippen molar-refractivity contribution in [1.29, 1.82) is 0 Å². The molecule has 158 valence electrons. The summed E-state index contributed by atoms with van der Waals surface area (Å²) in [6, 6.07) is 6.73. The van der Waals surface area contributed by atoms with Crippen LogP contribution < -0.4 is 0 Å². The Bertz CT molecular complexity index is 565. The van der Waals surface area contributed by atoms with Crippen LogP contribution in [0.4, 0.5) is 0 Å². The lowest BCUT2D eigenvalue weighted by Crippen LogP contribution is -2.15. The van der Waals surface area contributed by atoms with Crippen LogP contribution in [0.1, 0.15) is 106 Å². The standard InChI is InChI=1S/C24H38O4/c1-4-5-6-8-13-18-27-23(25)21-16-11-12-17-22(21)24(26)28-19-14-9-7-10-15-20(2)3/h11-12,16-17,20H,4-10,13-15,18-19H2,1-3H3. The SMILES string of the molecule is CCCCCCCOC(=O)c1ccccc1C(=O)OCCCCCCC(C)C. The second kappa shape index (κ2) is 15.1. The van der Waals surface area contributed by atoms with Crippen molar-refractivity contribution >= 4 is 11.9 Å². The normalized spacial score (nSPS) is 10.9. The van der Waals surface area contributed by atoms with Gasteiger partial charge in [0.15, 0.2) is 0 Å². The number of unbranched alkanes of at least 4 members (excludes halogenated alkanes) is 7. The third kappa shape index (κ3) is 10.5. The zero-order valence-electron chi connectivity index (χ0n) is 18.0. The van der Waals surface area contributed by atoms with E-state index in [1.165, 1.54) is 25.7 Å². The van der Waals surface area contributed by atoms with Gasteiger partial charge in [-0.3, -0.25) is 0 Å². The Labute approximate surface area is 171 Å². The molecular weight excluding hydrogens is 352 g/mol. The molecule has 1 aromatic carbocycles. The highest BCUT2D eigenvalue weighted by molar-refractivity contribution is 6.03. The van der Waals surface area contributed by atoms with Crippen molar-refractivity contribution in [3.8, 4) is 0 Å². The average Bonchev–Trinajstić information content (AvgIpc) is 2.69. The van der Waals surface area contributed by atoms with Crippen LogP contribution in [0.5, 0.6) is 0 Å². The van der Waals surface area contributed by atoms with Crippen LogP contribution in [0.25, 0.3) is 0 Å². The van der Waals surface area contributed by atoms with E-state index in [1.54, 1.807) is 24.3 Å². The van der Waals surface area contributed by atoms with Crippen LogP contribution in [0.15, 0.2) is 24.3 Å². The molecule has 28 heavy (non-hydrogen) atoms. The van der Waals surface area contributed by atoms with E-state index >= 15 is 0 Å². The molecule has 0 saturated carbocycles. The minimum Gasteiger partial charge on any atom is -0.462 e. The van der Waals surface area contributed by atoms with Crippen LogP contribution in [0, 0.1) is 5.92 Å². The Hall–Kier alpha value is -1.84. The van der Waals surface area contributed by atoms with E-state index in [-0.39, 0.29) is 5.56 Å². The first-order chi connectivity index (χ1) is 13.6. The molecule has 0 unspecified atom stereocenters. The van der Waals surface area contributed by atoms with E-state index in [0.717, 1.165) is 44.4 Å². The number of ether oxygens (including phenoxy) is 2. The lowest BCUT2D eigenvalue weighted by atomic mass is 10.0. The summed E-state index contributed by atoms with van der Waals surface area (Å²) in [7, 11) is 0. The molecule has 0 aromatic heterocycles. The maximum atomic E-state index is 12.4. The number of benzene rings is 1. The summed E-state index contributed by atoms with van der Waals surface area (Å²) >= 11 is 0. The van der Waals surface area contributed by atoms with Crippen molar-refractivity contribution in [3.05, 3.63) is 35.4 Å². The molecule has 0 atom stereocenters. The Morgan fingerprint density at radius 1 is 0.750 bits per heavy atom. The number of carbonyl (C=O) groups is 2. The first kappa shape index (κ1) is 24.2. The molecule has 0 aliphatic carbocycles. The largest absolute Gasteiger partial charge is 0.462 e. The number of hydrogen-bond donors (Lipinski definition) is 0. The molecule has 0 N–H and O–H groups in total. The first-order valence-corrected chi connectivity index (χ1v) is 11.0. The van der Waals surface area contributed by atoms with Gasteiger partial charge in [0.25, 0.3) is 0 Å². The van der Waals surface area contributed by atoms with Crippen molar-refractivity contribution in [2.24, 2.45) is 5.92 Å². The maximum Gasteiger partial charge on any atom is 0.339 e. The molecule has 0 amide bonds. The highest BCUT2D eigenvalue weighted by atomic mass is 16.5. The lowest BCUT2D eigenvalue weighted by Gasteiger charge is -2.10. The van der Waals surface area contributed by atoms with Crippen molar-refractivity contribution in [2.75, 3.05) is 13.2 Å². The van der Waals surface area contributed by atoms with Gasteiger partial charge in [0.2, 0.25) is 0 Å². The Kier molecular flexibility index (Phi) is 13.1. The molecular formula is C24H38O4. The molecule has 0 bridgehead atoms. The summed E-state index contributed by atoms with van der Waals surface area (Å²) in [5, 5.41) is 0. The van der Waals surface area contributed by atoms with Crippen molar-refractivity contribution < 1.29 is 19.1 Å². The molecule has 0 spiro atoms. The fourth-order valence-electron chi connectivity index (χ4n) is 3.04. The molecule has 0 fully saturated rings. The van der Waals surface area contributed by atoms with Crippen molar-refractivity contribution in [1.82, 2.24) is 0 Å². The monoisotopic (exact) mass is 390 g/mol. The van der Waals surface area contributed by atoms with Gasteiger partial charge in [0, 0.05) is 0 Å². The van der Waals surface area contributed by atoms with Gasteiger partial charge in [0.05, 0.1) is 24.3 Å². The van der Waals surface area contributed by atoms with Crippen LogP contribution in [0.3, 0.4) is 0 Å². The molecule has 1 aromatic rings. The number of hydrogen-bond acceptors (Lipinski definition) is 4. The summed E-state index contributed by atoms with van der Waals surface area (Å²) in [6.07, 6.45) is 11.0. The smallest absolute Gasteiger partial charge is 0.339 e. The quantitative estimate of drug-likeness (QED) is 0.251. The van der Waals surface area contributed by atoms with Crippen molar-refractivity contribution in [2.45, 2.75) is 85.0 Å². The topological polar surface area (TPSA) is 52.6 Å². The van der Waals surface area contributed by atoms with Crippen LogP contribution in [-0.2, 0) is 9.47 Å². The van der Waals surface area contributed by atoms with Gasteiger partial charge in [-0.2, -0.15) is 0 Å². The van der Waals surface area contributed by atoms with Gasteiger partial charge in [-0.1, -0.05) is 84.3 Å². The highest BCUT2D eigenvalue weighted by Gasteiger charge is 2.18. The Morgan fingerprint density at radius 2 is 1.21 bits per heavy atom. The third-order valence-corrected chi connectivity index (χ3v) is 4.76. The molecule has 0 saturated heterocycles. The number of esters is 2. The molecule has 0 aliphatic heterocycles. The van der Waals surface area contributed by atoms with Crippen LogP contribution >= 0.6 is 0 Å². The molecule has 0 aliphatic rings. The Balaban J connectivity index is 2.36. The highest BCUT2D eigenvalue weighted by Crippen LogP contribution is 2.14. The summed E-state index contributed by atoms with van der Waals surface area (Å²) in [4.78, 5) is 24.7. The fourth-order valence-corrected chi connectivity index (χ4v) is 3.04. The molecule has 4 heteroatoms. The average molecular weight is 391 g/mol. The molecule has 0 heterocycles. The van der Waals surface area contributed by atoms with E-state index < -0.39 is 11.9 Å². The molecule has 0 radical (unpaired) electrons. The fraction of sp³-hybridized carbons (Fsp3) is 0.667. The van der Waals surface area contributed by atoms with Crippen molar-refractivity contribution in [3.63, 3.8) is 0 Å². The maximum absolute atomic E-state index is 12.4. The Morgan fingerprint density at radius 3 is 1.68 bits per heavy atom. The number of rotatable bonds is 15. The van der Waals surface area contributed by atoms with E-state index in [0.29, 0.717) is 18.8 Å². The van der Waals surface area contributed by atoms with Gasteiger partial charge >= 0.3 is 11.9 Å². The van der Waals surface area contributed by atoms with E-state index in [2.05, 4.69) is 20.8 Å². The van der Waals surface area contributed by atoms with Gasteiger partial charge in [0.1, 0.15) is 0 Å². The van der Waals surface area contributed by atoms with Gasteiger partial charge in [-0.25, -0.2) is 9.59 Å². The predicted molar refractivity (Wildman–Crippen MR) is 114 cm³/mol. The van der Waals surface area contributed by atoms with Crippen LogP contribution in [0.2, 0.25) is 0 Å². The summed E-state index contributed by atoms with van der Waals surface area (Å²) < 4.78 is 10.7. The van der Waals surface area contributed by atoms with E-state index in [9.17, 15) is 9.59 Å². The second-order valence-electron chi connectivity index (χ2n) is 7.83. The summed E-state index contributed by atoms with van der Waals surface area (Å²) in [5.74, 6) is -0.153. The minimum absolute atomic E-state index is 0.290. The first-order valence-electron chi connectivity index (χ1n) is 11.0. The molecule has 1 rings (SSSR count). The summed E-state index contributed by atoms with van der Waals surface area (Å²) in [6.45, 7) is 7.42. The zero-order valence-corrected chi connectivity index (χ0v) is 18.0. The number of carbonyl (C=O) groups excluding carboxylic acids is 2. The van der Waals surface area contributed by atoms with Gasteiger partial charge in [-0.05, 0) is 30.9 Å². The lowest BCUT2D eigenvalue weighted by molar-refractivity contribution is 0.0450.